The van der Waals surface area contributed by atoms with Crippen LogP contribution < -0.4 is 5.73 Å². The second-order valence-electron chi connectivity index (χ2n) is 2.27. The second-order valence-corrected chi connectivity index (χ2v) is 3.18. The van der Waals surface area contributed by atoms with E-state index in [2.05, 4.69) is 0 Å². The summed E-state index contributed by atoms with van der Waals surface area (Å²) in [5, 5.41) is 17.3. The lowest BCUT2D eigenvalue weighted by atomic mass is 10.1. The van der Waals surface area contributed by atoms with Crippen LogP contribution in [0, 0.1) is 5.41 Å². The average Bonchev–Trinajstić information content (AvgIpc) is 2.56. The van der Waals surface area contributed by atoms with E-state index in [0.717, 1.165) is 17.6 Å². The van der Waals surface area contributed by atoms with Gasteiger partial charge in [0.25, 0.3) is 0 Å². The number of rotatable bonds is 3. The molecule has 4 nitrogen and oxygen atoms in total. The number of thiophene rings is 1. The molecule has 0 aromatic carbocycles. The second kappa shape index (κ2) is 3.86. The molecule has 0 fully saturated rings. The molecule has 1 heterocycles. The van der Waals surface area contributed by atoms with Gasteiger partial charge >= 0.3 is 5.97 Å². The number of hydrogen-bond donors (Lipinski definition) is 3. The van der Waals surface area contributed by atoms with Gasteiger partial charge in [-0.3, -0.25) is 0 Å². The largest absolute Gasteiger partial charge is 0.477 e. The Bertz CT molecular complexity index is 368. The van der Waals surface area contributed by atoms with E-state index < -0.39 is 5.97 Å². The zero-order chi connectivity index (χ0) is 9.84. The third kappa shape index (κ3) is 1.94. The van der Waals surface area contributed by atoms with Gasteiger partial charge in [0.1, 0.15) is 4.88 Å². The Kier molecular flexibility index (Phi) is 2.81. The predicted molar refractivity (Wildman–Crippen MR) is 52.2 cm³/mol. The van der Waals surface area contributed by atoms with E-state index in [1.807, 2.05) is 0 Å². The maximum Gasteiger partial charge on any atom is 0.345 e. The molecule has 0 bridgehead atoms. The molecule has 0 aliphatic carbocycles. The van der Waals surface area contributed by atoms with Crippen molar-refractivity contribution in [3.63, 3.8) is 0 Å². The number of carbonyl (C=O) groups is 1. The van der Waals surface area contributed by atoms with Crippen LogP contribution in [0.25, 0.3) is 5.57 Å². The highest BCUT2D eigenvalue weighted by Crippen LogP contribution is 2.20. The first-order valence-electron chi connectivity index (χ1n) is 3.43. The summed E-state index contributed by atoms with van der Waals surface area (Å²) in [6, 6.07) is 1.50. The molecule has 0 unspecified atom stereocenters. The van der Waals surface area contributed by atoms with Gasteiger partial charge in [0.2, 0.25) is 0 Å². The summed E-state index contributed by atoms with van der Waals surface area (Å²) >= 11 is 1.12. The van der Waals surface area contributed by atoms with E-state index in [-0.39, 0.29) is 4.88 Å². The molecular formula is C8H8N2O2S. The zero-order valence-corrected chi connectivity index (χ0v) is 7.47. The fourth-order valence-electron chi connectivity index (χ4n) is 0.827. The van der Waals surface area contributed by atoms with E-state index in [0.29, 0.717) is 11.1 Å². The van der Waals surface area contributed by atoms with Crippen LogP contribution >= 0.6 is 11.3 Å². The van der Waals surface area contributed by atoms with Crippen LogP contribution in [0.4, 0.5) is 0 Å². The number of nitrogens with one attached hydrogen (secondary N) is 1. The first-order chi connectivity index (χ1) is 6.19. The number of aromatic carboxylic acids is 1. The fraction of sp³-hybridized carbons (Fsp3) is 0. The average molecular weight is 196 g/mol. The highest BCUT2D eigenvalue weighted by Gasteiger charge is 2.07. The molecule has 0 aliphatic rings. The standard InChI is InChI=1S/C8H8N2O2S/c9-2-6(3-10)5-1-7(8(11)12)13-4-5/h1-4,9H,10H2,(H,11,12)/b6-3+,9-2?. The van der Waals surface area contributed by atoms with E-state index in [1.165, 1.54) is 12.3 Å². The molecule has 0 amide bonds. The van der Waals surface area contributed by atoms with Gasteiger partial charge in [-0.05, 0) is 17.0 Å². The van der Waals surface area contributed by atoms with Gasteiger partial charge in [0.05, 0.1) is 0 Å². The van der Waals surface area contributed by atoms with Gasteiger partial charge in [-0.15, -0.1) is 11.3 Å². The number of nitrogens with two attached hydrogens (primary N) is 1. The van der Waals surface area contributed by atoms with Crippen LogP contribution in [0.15, 0.2) is 17.6 Å². The zero-order valence-electron chi connectivity index (χ0n) is 6.65. The smallest absolute Gasteiger partial charge is 0.345 e. The predicted octanol–water partition coefficient (Wildman–Crippen LogP) is 1.40. The van der Waals surface area contributed by atoms with Crippen molar-refractivity contribution < 1.29 is 9.90 Å². The number of carboxylic acids is 1. The Morgan fingerprint density at radius 3 is 2.77 bits per heavy atom. The van der Waals surface area contributed by atoms with Gasteiger partial charge in [-0.2, -0.15) is 0 Å². The Morgan fingerprint density at radius 1 is 1.69 bits per heavy atom. The molecule has 0 spiro atoms. The summed E-state index contributed by atoms with van der Waals surface area (Å²) in [6.45, 7) is 0. The summed E-state index contributed by atoms with van der Waals surface area (Å²) < 4.78 is 0. The van der Waals surface area contributed by atoms with E-state index in [4.69, 9.17) is 16.2 Å². The summed E-state index contributed by atoms with van der Waals surface area (Å²) in [7, 11) is 0. The summed E-state index contributed by atoms with van der Waals surface area (Å²) in [5.74, 6) is -0.961. The Morgan fingerprint density at radius 2 is 2.38 bits per heavy atom. The van der Waals surface area contributed by atoms with E-state index in [1.54, 1.807) is 5.38 Å². The first kappa shape index (κ1) is 9.47. The minimum absolute atomic E-state index is 0.246. The van der Waals surface area contributed by atoms with Gasteiger partial charge in [0.15, 0.2) is 0 Å². The van der Waals surface area contributed by atoms with Gasteiger partial charge in [-0.1, -0.05) is 0 Å². The van der Waals surface area contributed by atoms with Crippen molar-refractivity contribution in [3.05, 3.63) is 28.1 Å². The van der Waals surface area contributed by atoms with Crippen molar-refractivity contribution in [3.8, 4) is 0 Å². The van der Waals surface area contributed by atoms with Crippen LogP contribution in [0.3, 0.4) is 0 Å². The molecule has 68 valence electrons. The SMILES string of the molecule is N=C/C(=C\N)c1csc(C(=O)O)c1. The number of allylic oxidation sites excluding steroid dienone is 1. The van der Waals surface area contributed by atoms with Crippen molar-refractivity contribution in [2.24, 2.45) is 5.73 Å². The Labute approximate surface area is 78.8 Å². The highest BCUT2D eigenvalue weighted by atomic mass is 32.1. The molecule has 0 radical (unpaired) electrons. The van der Waals surface area contributed by atoms with Crippen LogP contribution in [0.1, 0.15) is 15.2 Å². The first-order valence-corrected chi connectivity index (χ1v) is 4.31. The maximum atomic E-state index is 10.5. The molecule has 1 aromatic rings. The quantitative estimate of drug-likeness (QED) is 0.638. The van der Waals surface area contributed by atoms with Crippen molar-refractivity contribution >= 4 is 29.1 Å². The summed E-state index contributed by atoms with van der Waals surface area (Å²) in [5.41, 5.74) is 6.43. The van der Waals surface area contributed by atoms with Crippen LogP contribution in [0.2, 0.25) is 0 Å². The lowest BCUT2D eigenvalue weighted by Crippen LogP contribution is -1.91. The molecule has 5 heteroatoms. The highest BCUT2D eigenvalue weighted by molar-refractivity contribution is 7.12. The van der Waals surface area contributed by atoms with Crippen molar-refractivity contribution in [2.75, 3.05) is 0 Å². The van der Waals surface area contributed by atoms with Gasteiger partial charge in [-0.25, -0.2) is 4.79 Å². The van der Waals surface area contributed by atoms with Crippen molar-refractivity contribution in [2.45, 2.75) is 0 Å². The third-order valence-corrected chi connectivity index (χ3v) is 2.40. The Hall–Kier alpha value is -1.62. The lowest BCUT2D eigenvalue weighted by Gasteiger charge is -1.92. The van der Waals surface area contributed by atoms with Crippen LogP contribution in [-0.4, -0.2) is 17.3 Å². The molecular weight excluding hydrogens is 188 g/mol. The van der Waals surface area contributed by atoms with E-state index >= 15 is 0 Å². The maximum absolute atomic E-state index is 10.5. The van der Waals surface area contributed by atoms with Gasteiger partial charge in [0, 0.05) is 18.0 Å². The Balaban J connectivity index is 3.04. The van der Waals surface area contributed by atoms with Crippen molar-refractivity contribution in [1.29, 1.82) is 5.41 Å². The number of carboxylic acid groups (broad SMARTS) is 1. The van der Waals surface area contributed by atoms with Crippen molar-refractivity contribution in [1.82, 2.24) is 0 Å². The molecule has 1 rings (SSSR count). The third-order valence-electron chi connectivity index (χ3n) is 1.48. The lowest BCUT2D eigenvalue weighted by molar-refractivity contribution is 0.0702. The normalized spacial score (nSPS) is 11.2. The summed E-state index contributed by atoms with van der Waals surface area (Å²) in [6.07, 6.45) is 2.37. The topological polar surface area (TPSA) is 87.2 Å². The molecule has 1 aromatic heterocycles. The summed E-state index contributed by atoms with van der Waals surface area (Å²) in [4.78, 5) is 10.8. The molecule has 0 saturated heterocycles. The molecule has 0 saturated carbocycles. The minimum atomic E-state index is -0.961. The minimum Gasteiger partial charge on any atom is -0.477 e. The van der Waals surface area contributed by atoms with Gasteiger partial charge < -0.3 is 16.2 Å². The van der Waals surface area contributed by atoms with Crippen LogP contribution in [-0.2, 0) is 0 Å². The van der Waals surface area contributed by atoms with Crippen LogP contribution in [0.5, 0.6) is 0 Å². The molecule has 13 heavy (non-hydrogen) atoms. The molecule has 0 aliphatic heterocycles. The fourth-order valence-corrected chi connectivity index (χ4v) is 1.58. The monoisotopic (exact) mass is 196 g/mol. The van der Waals surface area contributed by atoms with E-state index in [9.17, 15) is 4.79 Å². The molecule has 4 N–H and O–H groups in total. The number of hydrogen-bond acceptors (Lipinski definition) is 4. The molecule has 0 atom stereocenters.